The fourth-order valence-electron chi connectivity index (χ4n) is 2.78. The van der Waals surface area contributed by atoms with Crippen LogP contribution < -0.4 is 15.8 Å². The topological polar surface area (TPSA) is 96.2 Å². The van der Waals surface area contributed by atoms with Gasteiger partial charge in [-0.2, -0.15) is 0 Å². The monoisotopic (exact) mass is 421 g/mol. The highest BCUT2D eigenvalue weighted by molar-refractivity contribution is 6.63. The Hall–Kier alpha value is -2.05. The van der Waals surface area contributed by atoms with E-state index >= 15 is 0 Å². The molecule has 0 spiro atoms. The molecular weight excluding hydrogens is 398 g/mol. The zero-order chi connectivity index (χ0) is 22.2. The largest absolute Gasteiger partial charge is 0.522 e. The van der Waals surface area contributed by atoms with Crippen LogP contribution in [0.3, 0.4) is 0 Å². The van der Waals surface area contributed by atoms with Gasteiger partial charge in [-0.05, 0) is 27.7 Å². The molecule has 29 heavy (non-hydrogen) atoms. The molecule has 1 N–H and O–H groups in total. The molecule has 0 radical (unpaired) electrons. The maximum absolute atomic E-state index is 12.6. The lowest BCUT2D eigenvalue weighted by molar-refractivity contribution is -0.325. The number of carbonyl (C=O) groups is 1. The Morgan fingerprint density at radius 2 is 1.83 bits per heavy atom. The van der Waals surface area contributed by atoms with Crippen molar-refractivity contribution in [2.45, 2.75) is 57.7 Å². The number of carboxylic acids is 1. The summed E-state index contributed by atoms with van der Waals surface area (Å²) in [7, 11) is 0.371. The summed E-state index contributed by atoms with van der Waals surface area (Å²) >= 11 is 0. The molecule has 0 saturated carbocycles. The maximum atomic E-state index is 12.6. The molecule has 2 heterocycles. The lowest BCUT2D eigenvalue weighted by Crippen LogP contribution is -2.41. The summed E-state index contributed by atoms with van der Waals surface area (Å²) in [5.74, 6) is -1.38. The molecule has 1 saturated heterocycles. The molecule has 1 aliphatic rings. The van der Waals surface area contributed by atoms with Crippen LogP contribution in [-0.4, -0.2) is 54.0 Å². The van der Waals surface area contributed by atoms with Crippen LogP contribution in [-0.2, 0) is 18.8 Å². The average Bonchev–Trinajstić information content (AvgIpc) is 2.78. The first-order valence-corrected chi connectivity index (χ1v) is 8.78. The van der Waals surface area contributed by atoms with Crippen molar-refractivity contribution in [3.63, 3.8) is 0 Å². The number of methoxy groups -OCH3 is 1. The molecule has 1 aromatic heterocycles. The Bertz CT molecular complexity index is 806. The number of rotatable bonds is 7. The molecular formula is C17H23BF3NO7. The molecule has 1 unspecified atom stereocenters. The zero-order valence-electron chi connectivity index (χ0n) is 16.7. The van der Waals surface area contributed by atoms with E-state index in [0.29, 0.717) is 0 Å². The smallest absolute Gasteiger partial charge is 0.496 e. The second kappa shape index (κ2) is 8.00. The van der Waals surface area contributed by atoms with Crippen molar-refractivity contribution in [3.8, 4) is 5.75 Å². The third-order valence-electron chi connectivity index (χ3n) is 5.08. The SMILES string of the molecule is COc1cn(C(CCOC(F)(F)F)C(=O)O)c(=O)cc1B1OC(C)(C)C(C)(C)O1. The van der Waals surface area contributed by atoms with Crippen LogP contribution in [0, 0.1) is 0 Å². The van der Waals surface area contributed by atoms with Gasteiger partial charge in [0.25, 0.3) is 5.56 Å². The predicted octanol–water partition coefficient (Wildman–Crippen LogP) is 1.71. The van der Waals surface area contributed by atoms with Crippen LogP contribution in [0.15, 0.2) is 17.1 Å². The number of ether oxygens (including phenoxy) is 2. The number of pyridine rings is 1. The second-order valence-corrected chi connectivity index (χ2v) is 7.57. The first-order valence-electron chi connectivity index (χ1n) is 8.78. The van der Waals surface area contributed by atoms with E-state index < -0.39 is 55.3 Å². The molecule has 1 aromatic rings. The van der Waals surface area contributed by atoms with Crippen LogP contribution in [0.2, 0.25) is 0 Å². The Balaban J connectivity index is 2.36. The van der Waals surface area contributed by atoms with Gasteiger partial charge in [0, 0.05) is 24.1 Å². The lowest BCUT2D eigenvalue weighted by Gasteiger charge is -2.32. The number of alkyl halides is 3. The maximum Gasteiger partial charge on any atom is 0.522 e. The van der Waals surface area contributed by atoms with Crippen LogP contribution in [0.5, 0.6) is 5.75 Å². The van der Waals surface area contributed by atoms with E-state index in [9.17, 15) is 27.9 Å². The summed E-state index contributed by atoms with van der Waals surface area (Å²) in [6.07, 6.45) is -4.35. The minimum atomic E-state index is -4.90. The molecule has 0 bridgehead atoms. The van der Waals surface area contributed by atoms with Crippen LogP contribution in [0.4, 0.5) is 13.2 Å². The first kappa shape index (κ1) is 23.2. The van der Waals surface area contributed by atoms with E-state index in [1.807, 2.05) is 27.7 Å². The Morgan fingerprint density at radius 1 is 1.28 bits per heavy atom. The minimum absolute atomic E-state index is 0.103. The minimum Gasteiger partial charge on any atom is -0.496 e. The highest BCUT2D eigenvalue weighted by Gasteiger charge is 2.52. The van der Waals surface area contributed by atoms with E-state index in [0.717, 1.165) is 16.8 Å². The Kier molecular flexibility index (Phi) is 6.41. The summed E-state index contributed by atoms with van der Waals surface area (Å²) in [4.78, 5) is 24.1. The predicted molar refractivity (Wildman–Crippen MR) is 96.3 cm³/mol. The molecule has 8 nitrogen and oxygen atoms in total. The van der Waals surface area contributed by atoms with Crippen molar-refractivity contribution in [2.24, 2.45) is 0 Å². The number of aliphatic carboxylic acids is 1. The molecule has 162 valence electrons. The first-order chi connectivity index (χ1) is 13.2. The van der Waals surface area contributed by atoms with Gasteiger partial charge in [-0.25, -0.2) is 4.79 Å². The van der Waals surface area contributed by atoms with Gasteiger partial charge in [0.05, 0.1) is 24.9 Å². The number of hydrogen-bond acceptors (Lipinski definition) is 6. The fraction of sp³-hybridized carbons (Fsp3) is 0.647. The number of hydrogen-bond donors (Lipinski definition) is 1. The molecule has 1 aliphatic heterocycles. The fourth-order valence-corrected chi connectivity index (χ4v) is 2.78. The number of nitrogens with zero attached hydrogens (tertiary/aromatic N) is 1. The molecule has 0 amide bonds. The quantitative estimate of drug-likeness (QED) is 0.670. The highest BCUT2D eigenvalue weighted by atomic mass is 19.4. The molecule has 1 fully saturated rings. The average molecular weight is 421 g/mol. The number of halogens is 3. The van der Waals surface area contributed by atoms with Crippen molar-refractivity contribution in [1.82, 2.24) is 4.57 Å². The summed E-state index contributed by atoms with van der Waals surface area (Å²) in [6, 6.07) is -0.479. The Morgan fingerprint density at radius 3 is 2.28 bits per heavy atom. The van der Waals surface area contributed by atoms with Crippen molar-refractivity contribution < 1.29 is 41.9 Å². The van der Waals surface area contributed by atoms with Gasteiger partial charge in [-0.15, -0.1) is 13.2 Å². The molecule has 12 heteroatoms. The standard InChI is InChI=1S/C17H23BF3NO7/c1-15(2)16(3,4)29-18(28-15)10-8-13(23)22(9-12(10)26-5)11(14(24)25)6-7-27-17(19,20)21/h8-9,11H,6-7H2,1-5H3,(H,24,25). The van der Waals surface area contributed by atoms with Gasteiger partial charge in [0.2, 0.25) is 0 Å². The third-order valence-corrected chi connectivity index (χ3v) is 5.08. The summed E-state index contributed by atoms with van der Waals surface area (Å²) in [5, 5.41) is 9.38. The van der Waals surface area contributed by atoms with Gasteiger partial charge in [0.1, 0.15) is 11.8 Å². The van der Waals surface area contributed by atoms with Gasteiger partial charge in [-0.3, -0.25) is 14.1 Å². The van der Waals surface area contributed by atoms with Gasteiger partial charge in [-0.1, -0.05) is 0 Å². The lowest BCUT2D eigenvalue weighted by atomic mass is 9.79. The molecule has 2 rings (SSSR count). The van der Waals surface area contributed by atoms with Crippen LogP contribution in [0.1, 0.15) is 40.2 Å². The Labute approximate surface area is 165 Å². The molecule has 1 atom stereocenters. The van der Waals surface area contributed by atoms with Crippen LogP contribution >= 0.6 is 0 Å². The molecule has 0 aromatic carbocycles. The van der Waals surface area contributed by atoms with Crippen molar-refractivity contribution in [3.05, 3.63) is 22.6 Å². The van der Waals surface area contributed by atoms with Crippen molar-refractivity contribution >= 4 is 18.6 Å². The summed E-state index contributed by atoms with van der Waals surface area (Å²) in [5.41, 5.74) is -1.87. The van der Waals surface area contributed by atoms with Gasteiger partial charge < -0.3 is 19.2 Å². The van der Waals surface area contributed by atoms with Crippen molar-refractivity contribution in [1.29, 1.82) is 0 Å². The van der Waals surface area contributed by atoms with Crippen molar-refractivity contribution in [2.75, 3.05) is 13.7 Å². The van der Waals surface area contributed by atoms with E-state index in [4.69, 9.17) is 14.0 Å². The molecule has 0 aliphatic carbocycles. The number of aromatic nitrogens is 1. The summed E-state index contributed by atoms with van der Waals surface area (Å²) < 4.78 is 58.0. The van der Waals surface area contributed by atoms with E-state index in [1.54, 1.807) is 0 Å². The van der Waals surface area contributed by atoms with E-state index in [2.05, 4.69) is 4.74 Å². The van der Waals surface area contributed by atoms with E-state index in [1.165, 1.54) is 7.11 Å². The summed E-state index contributed by atoms with van der Waals surface area (Å²) in [6.45, 7) is 6.36. The third kappa shape index (κ3) is 5.12. The zero-order valence-corrected chi connectivity index (χ0v) is 16.7. The van der Waals surface area contributed by atoms with Gasteiger partial charge >= 0.3 is 19.5 Å². The number of carboxylic acid groups (broad SMARTS) is 1. The van der Waals surface area contributed by atoms with E-state index in [-0.39, 0.29) is 11.2 Å². The van der Waals surface area contributed by atoms with Crippen LogP contribution in [0.25, 0.3) is 0 Å². The van der Waals surface area contributed by atoms with Gasteiger partial charge in [0.15, 0.2) is 0 Å². The second-order valence-electron chi connectivity index (χ2n) is 7.57. The normalized spacial score (nSPS) is 19.2. The highest BCUT2D eigenvalue weighted by Crippen LogP contribution is 2.37.